The Hall–Kier alpha value is -1.63. The van der Waals surface area contributed by atoms with Crippen molar-refractivity contribution < 1.29 is 9.53 Å². The molecule has 1 rings (SSSR count). The number of aromatic nitrogens is 3. The van der Waals surface area contributed by atoms with Crippen LogP contribution in [0.3, 0.4) is 0 Å². The molecule has 18 heavy (non-hydrogen) atoms. The lowest BCUT2D eigenvalue weighted by atomic mass is 10.3. The molecule has 7 heteroatoms. The summed E-state index contributed by atoms with van der Waals surface area (Å²) in [6.07, 6.45) is 3.11. The topological polar surface area (TPSA) is 72.3 Å². The Morgan fingerprint density at radius 3 is 2.94 bits per heavy atom. The molecule has 0 bridgehead atoms. The molecule has 0 aliphatic carbocycles. The van der Waals surface area contributed by atoms with E-state index < -0.39 is 0 Å². The fourth-order valence-electron chi connectivity index (χ4n) is 1.56. The number of nitrogens with one attached hydrogen (secondary N) is 1. The van der Waals surface area contributed by atoms with Crippen molar-refractivity contribution in [2.45, 2.75) is 26.4 Å². The van der Waals surface area contributed by atoms with Crippen molar-refractivity contribution in [1.29, 1.82) is 0 Å². The molecule has 0 radical (unpaired) electrons. The minimum Gasteiger partial charge on any atom is -0.383 e. The Labute approximate surface area is 107 Å². The van der Waals surface area contributed by atoms with Gasteiger partial charge in [0.25, 0.3) is 0 Å². The number of carbonyl (C=O) groups excluding carboxylic acids is 1. The van der Waals surface area contributed by atoms with E-state index in [4.69, 9.17) is 4.74 Å². The number of urea groups is 1. The second kappa shape index (κ2) is 7.65. The van der Waals surface area contributed by atoms with Gasteiger partial charge in [-0.15, -0.1) is 0 Å². The number of hydrogen-bond acceptors (Lipinski definition) is 4. The maximum absolute atomic E-state index is 11.9. The van der Waals surface area contributed by atoms with Crippen LogP contribution in [0.25, 0.3) is 0 Å². The third-order valence-corrected chi connectivity index (χ3v) is 2.53. The van der Waals surface area contributed by atoms with Gasteiger partial charge in [0.2, 0.25) is 0 Å². The van der Waals surface area contributed by atoms with Gasteiger partial charge < -0.3 is 15.0 Å². The SMILES string of the molecule is CCN(CCOC)C(=O)N[C@@H](C)Cn1cncn1. The minimum absolute atomic E-state index is 0.00389. The molecule has 1 N–H and O–H groups in total. The number of carbonyl (C=O) groups is 1. The quantitative estimate of drug-likeness (QED) is 0.763. The van der Waals surface area contributed by atoms with Crippen LogP contribution in [0.15, 0.2) is 12.7 Å². The van der Waals surface area contributed by atoms with Crippen LogP contribution < -0.4 is 5.32 Å². The van der Waals surface area contributed by atoms with E-state index in [0.717, 1.165) is 0 Å². The molecule has 1 aromatic heterocycles. The van der Waals surface area contributed by atoms with Crippen molar-refractivity contribution in [3.05, 3.63) is 12.7 Å². The number of amides is 2. The third-order valence-electron chi connectivity index (χ3n) is 2.53. The predicted molar refractivity (Wildman–Crippen MR) is 67.1 cm³/mol. The highest BCUT2D eigenvalue weighted by molar-refractivity contribution is 5.74. The van der Waals surface area contributed by atoms with Gasteiger partial charge >= 0.3 is 6.03 Å². The van der Waals surface area contributed by atoms with E-state index in [9.17, 15) is 4.79 Å². The molecule has 0 unspecified atom stereocenters. The molecule has 0 spiro atoms. The molecule has 1 atom stereocenters. The number of ether oxygens (including phenoxy) is 1. The Balaban J connectivity index is 2.37. The minimum atomic E-state index is -0.0813. The van der Waals surface area contributed by atoms with Crippen molar-refractivity contribution in [2.24, 2.45) is 0 Å². The van der Waals surface area contributed by atoms with Crippen molar-refractivity contribution in [3.8, 4) is 0 Å². The summed E-state index contributed by atoms with van der Waals surface area (Å²) in [4.78, 5) is 17.5. The lowest BCUT2D eigenvalue weighted by molar-refractivity contribution is 0.149. The summed E-state index contributed by atoms with van der Waals surface area (Å²) >= 11 is 0. The van der Waals surface area contributed by atoms with Crippen LogP contribution in [-0.4, -0.2) is 58.5 Å². The molecular formula is C11H21N5O2. The van der Waals surface area contributed by atoms with E-state index in [0.29, 0.717) is 26.2 Å². The first kappa shape index (κ1) is 14.4. The Bertz CT molecular complexity index is 341. The van der Waals surface area contributed by atoms with Crippen LogP contribution in [0.1, 0.15) is 13.8 Å². The highest BCUT2D eigenvalue weighted by Crippen LogP contribution is 1.94. The fraction of sp³-hybridized carbons (Fsp3) is 0.727. The van der Waals surface area contributed by atoms with Gasteiger partial charge in [-0.25, -0.2) is 9.78 Å². The highest BCUT2D eigenvalue weighted by atomic mass is 16.5. The van der Waals surface area contributed by atoms with E-state index in [1.54, 1.807) is 23.0 Å². The van der Waals surface area contributed by atoms with Gasteiger partial charge in [0, 0.05) is 26.2 Å². The van der Waals surface area contributed by atoms with Gasteiger partial charge in [0.05, 0.1) is 13.2 Å². The zero-order valence-electron chi connectivity index (χ0n) is 11.2. The average molecular weight is 255 g/mol. The molecule has 0 aliphatic rings. The molecule has 1 aromatic rings. The van der Waals surface area contributed by atoms with Crippen LogP contribution in [0.5, 0.6) is 0 Å². The summed E-state index contributed by atoms with van der Waals surface area (Å²) in [5.74, 6) is 0. The molecule has 102 valence electrons. The second-order valence-corrected chi connectivity index (χ2v) is 4.04. The molecule has 0 fully saturated rings. The average Bonchev–Trinajstić information content (AvgIpc) is 2.82. The Morgan fingerprint density at radius 2 is 2.39 bits per heavy atom. The zero-order valence-corrected chi connectivity index (χ0v) is 11.2. The van der Waals surface area contributed by atoms with E-state index in [1.807, 2.05) is 13.8 Å². The van der Waals surface area contributed by atoms with Crippen molar-refractivity contribution in [2.75, 3.05) is 26.8 Å². The van der Waals surface area contributed by atoms with Crippen LogP contribution in [0.2, 0.25) is 0 Å². The first-order chi connectivity index (χ1) is 8.67. The van der Waals surface area contributed by atoms with E-state index in [1.165, 1.54) is 6.33 Å². The lowest BCUT2D eigenvalue weighted by Crippen LogP contribution is -2.46. The monoisotopic (exact) mass is 255 g/mol. The van der Waals surface area contributed by atoms with Crippen molar-refractivity contribution in [1.82, 2.24) is 25.0 Å². The zero-order chi connectivity index (χ0) is 13.4. The standard InChI is InChI=1S/C11H21N5O2/c1-4-15(5-6-18-3)11(17)14-10(2)7-16-9-12-8-13-16/h8-10H,4-7H2,1-3H3,(H,14,17)/t10-/m0/s1. The number of nitrogens with zero attached hydrogens (tertiary/aromatic N) is 4. The second-order valence-electron chi connectivity index (χ2n) is 4.04. The fourth-order valence-corrected chi connectivity index (χ4v) is 1.56. The van der Waals surface area contributed by atoms with Gasteiger partial charge in [-0.1, -0.05) is 0 Å². The number of hydrogen-bond donors (Lipinski definition) is 1. The van der Waals surface area contributed by atoms with Crippen LogP contribution in [0.4, 0.5) is 4.79 Å². The molecule has 0 saturated carbocycles. The molecule has 2 amide bonds. The van der Waals surface area contributed by atoms with Crippen LogP contribution >= 0.6 is 0 Å². The van der Waals surface area contributed by atoms with Gasteiger partial charge in [-0.2, -0.15) is 5.10 Å². The maximum Gasteiger partial charge on any atom is 0.317 e. The van der Waals surface area contributed by atoms with Crippen LogP contribution in [-0.2, 0) is 11.3 Å². The van der Waals surface area contributed by atoms with Crippen molar-refractivity contribution >= 4 is 6.03 Å². The Morgan fingerprint density at radius 1 is 1.61 bits per heavy atom. The van der Waals surface area contributed by atoms with Crippen LogP contribution in [0, 0.1) is 0 Å². The summed E-state index contributed by atoms with van der Waals surface area (Å²) < 4.78 is 6.66. The molecular weight excluding hydrogens is 234 g/mol. The molecule has 0 aromatic carbocycles. The third kappa shape index (κ3) is 4.70. The summed E-state index contributed by atoms with van der Waals surface area (Å²) in [5, 5.41) is 6.92. The molecule has 0 aliphatic heterocycles. The van der Waals surface area contributed by atoms with Gasteiger partial charge in [-0.05, 0) is 13.8 Å². The maximum atomic E-state index is 11.9. The van der Waals surface area contributed by atoms with Gasteiger partial charge in [-0.3, -0.25) is 4.68 Å². The normalized spacial score (nSPS) is 12.2. The van der Waals surface area contributed by atoms with Gasteiger partial charge in [0.1, 0.15) is 12.7 Å². The number of methoxy groups -OCH3 is 1. The lowest BCUT2D eigenvalue weighted by Gasteiger charge is -2.23. The number of rotatable bonds is 7. The summed E-state index contributed by atoms with van der Waals surface area (Å²) in [6, 6.07) is -0.0852. The smallest absolute Gasteiger partial charge is 0.317 e. The summed E-state index contributed by atoms with van der Waals surface area (Å²) in [7, 11) is 1.62. The first-order valence-electron chi connectivity index (χ1n) is 6.04. The highest BCUT2D eigenvalue weighted by Gasteiger charge is 2.14. The molecule has 7 nitrogen and oxygen atoms in total. The number of likely N-dealkylation sites (N-methyl/N-ethyl adjacent to an activating group) is 1. The molecule has 1 heterocycles. The van der Waals surface area contributed by atoms with Crippen molar-refractivity contribution in [3.63, 3.8) is 0 Å². The summed E-state index contributed by atoms with van der Waals surface area (Å²) in [5.41, 5.74) is 0. The predicted octanol–water partition coefficient (Wildman–Crippen LogP) is 0.345. The Kier molecular flexibility index (Phi) is 6.13. The largest absolute Gasteiger partial charge is 0.383 e. The van der Waals surface area contributed by atoms with Gasteiger partial charge in [0.15, 0.2) is 0 Å². The van der Waals surface area contributed by atoms with E-state index in [2.05, 4.69) is 15.4 Å². The molecule has 0 saturated heterocycles. The first-order valence-corrected chi connectivity index (χ1v) is 6.04. The van der Waals surface area contributed by atoms with E-state index >= 15 is 0 Å². The summed E-state index contributed by atoms with van der Waals surface area (Å²) in [6.45, 7) is 6.27. The van der Waals surface area contributed by atoms with E-state index in [-0.39, 0.29) is 12.1 Å².